The van der Waals surface area contributed by atoms with Crippen molar-refractivity contribution in [2.45, 2.75) is 25.9 Å². The maximum atomic E-state index is 11.4. The van der Waals surface area contributed by atoms with Gasteiger partial charge in [0.05, 0.1) is 12.9 Å². The normalized spacial score (nSPS) is 12.3. The second kappa shape index (κ2) is 7.81. The molecule has 0 aromatic heterocycles. The third-order valence-corrected chi connectivity index (χ3v) is 3.02. The van der Waals surface area contributed by atoms with Gasteiger partial charge in [-0.2, -0.15) is 8.42 Å². The second-order valence-electron chi connectivity index (χ2n) is 4.18. The van der Waals surface area contributed by atoms with E-state index in [1.54, 1.807) is 0 Å². The van der Waals surface area contributed by atoms with Gasteiger partial charge in [0, 0.05) is 24.0 Å². The predicted octanol–water partition coefficient (Wildman–Crippen LogP) is 0.872. The topological polar surface area (TPSA) is 107 Å². The number of carbonyl (C=O) groups excluding carboxylic acids is 2. The highest BCUT2D eigenvalue weighted by atomic mass is 32.2. The molecule has 0 spiro atoms. The van der Waals surface area contributed by atoms with Crippen molar-refractivity contribution in [1.29, 1.82) is 0 Å². The average Bonchev–Trinajstić information content (AvgIpc) is 2.33. The van der Waals surface area contributed by atoms with Gasteiger partial charge in [0.2, 0.25) is 0 Å². The summed E-state index contributed by atoms with van der Waals surface area (Å²) in [6, 6.07) is 0. The van der Waals surface area contributed by atoms with Crippen molar-refractivity contribution in [3.05, 3.63) is 24.3 Å². The molecule has 1 atom stereocenters. The Hall–Kier alpha value is -1.67. The summed E-state index contributed by atoms with van der Waals surface area (Å²) in [5, 5.41) is 0. The molecular weight excluding hydrogens is 288 g/mol. The highest BCUT2D eigenvalue weighted by Gasteiger charge is 2.21. The van der Waals surface area contributed by atoms with Gasteiger partial charge in [-0.15, -0.1) is 0 Å². The second-order valence-corrected chi connectivity index (χ2v) is 5.75. The standard InChI is InChI=1S/C12H18O7S/c1-8(2)11(13)19-10(5-6-20(15,16)17)7-9(3)12(14)18-4/h10H,1,3,5-7H2,2,4H3,(H,15,16,17). The maximum absolute atomic E-state index is 11.4. The van der Waals surface area contributed by atoms with Gasteiger partial charge in [-0.3, -0.25) is 4.55 Å². The molecule has 20 heavy (non-hydrogen) atoms. The third kappa shape index (κ3) is 7.70. The lowest BCUT2D eigenvalue weighted by molar-refractivity contribution is -0.145. The molecular formula is C12H18O7S. The van der Waals surface area contributed by atoms with E-state index in [4.69, 9.17) is 9.29 Å². The van der Waals surface area contributed by atoms with Crippen LogP contribution in [0.5, 0.6) is 0 Å². The van der Waals surface area contributed by atoms with Crippen LogP contribution in [0, 0.1) is 0 Å². The molecule has 0 saturated carbocycles. The van der Waals surface area contributed by atoms with Crippen LogP contribution in [-0.4, -0.2) is 43.9 Å². The van der Waals surface area contributed by atoms with E-state index in [1.807, 2.05) is 0 Å². The zero-order valence-corrected chi connectivity index (χ0v) is 12.2. The van der Waals surface area contributed by atoms with E-state index >= 15 is 0 Å². The van der Waals surface area contributed by atoms with Crippen molar-refractivity contribution in [3.63, 3.8) is 0 Å². The first-order valence-electron chi connectivity index (χ1n) is 5.64. The molecule has 0 amide bonds. The van der Waals surface area contributed by atoms with Gasteiger partial charge < -0.3 is 9.47 Å². The minimum atomic E-state index is -4.20. The Bertz CT molecular complexity index is 504. The summed E-state index contributed by atoms with van der Waals surface area (Å²) in [6.07, 6.45) is -1.19. The maximum Gasteiger partial charge on any atom is 0.333 e. The van der Waals surface area contributed by atoms with Crippen LogP contribution in [0.25, 0.3) is 0 Å². The van der Waals surface area contributed by atoms with E-state index in [0.717, 1.165) is 0 Å². The van der Waals surface area contributed by atoms with Crippen LogP contribution < -0.4 is 0 Å². The number of esters is 2. The quantitative estimate of drug-likeness (QED) is 0.403. The van der Waals surface area contributed by atoms with Crippen molar-refractivity contribution >= 4 is 22.1 Å². The fraction of sp³-hybridized carbons (Fsp3) is 0.500. The number of rotatable bonds is 8. The van der Waals surface area contributed by atoms with Gasteiger partial charge in [0.1, 0.15) is 6.10 Å². The third-order valence-electron chi connectivity index (χ3n) is 2.27. The van der Waals surface area contributed by atoms with Gasteiger partial charge in [0.15, 0.2) is 0 Å². The molecule has 7 nitrogen and oxygen atoms in total. The molecule has 1 N–H and O–H groups in total. The number of hydrogen-bond acceptors (Lipinski definition) is 6. The smallest absolute Gasteiger partial charge is 0.333 e. The molecule has 8 heteroatoms. The van der Waals surface area contributed by atoms with Crippen molar-refractivity contribution in [3.8, 4) is 0 Å². The minimum Gasteiger partial charge on any atom is -0.466 e. The fourth-order valence-electron chi connectivity index (χ4n) is 1.24. The lowest BCUT2D eigenvalue weighted by atomic mass is 10.1. The molecule has 114 valence electrons. The monoisotopic (exact) mass is 306 g/mol. The van der Waals surface area contributed by atoms with Crippen molar-refractivity contribution in [1.82, 2.24) is 0 Å². The predicted molar refractivity (Wildman–Crippen MR) is 71.5 cm³/mol. The van der Waals surface area contributed by atoms with Crippen LogP contribution in [0.4, 0.5) is 0 Å². The van der Waals surface area contributed by atoms with Gasteiger partial charge in [0.25, 0.3) is 10.1 Å². The Morgan fingerprint density at radius 3 is 2.20 bits per heavy atom. The van der Waals surface area contributed by atoms with Crippen molar-refractivity contribution in [2.24, 2.45) is 0 Å². The Labute approximate surface area is 118 Å². The van der Waals surface area contributed by atoms with Gasteiger partial charge in [-0.05, 0) is 6.92 Å². The lowest BCUT2D eigenvalue weighted by Crippen LogP contribution is -2.24. The molecule has 0 rings (SSSR count). The number of hydrogen-bond donors (Lipinski definition) is 1. The summed E-state index contributed by atoms with van der Waals surface area (Å²) < 4.78 is 39.6. The molecule has 0 aromatic carbocycles. The van der Waals surface area contributed by atoms with Crippen molar-refractivity contribution in [2.75, 3.05) is 12.9 Å². The highest BCUT2D eigenvalue weighted by Crippen LogP contribution is 2.14. The summed E-state index contributed by atoms with van der Waals surface area (Å²) in [6.45, 7) is 8.28. The summed E-state index contributed by atoms with van der Waals surface area (Å²) in [5.74, 6) is -2.01. The molecule has 0 aliphatic heterocycles. The summed E-state index contributed by atoms with van der Waals surface area (Å²) >= 11 is 0. The van der Waals surface area contributed by atoms with Gasteiger partial charge in [-0.25, -0.2) is 9.59 Å². The fourth-order valence-corrected chi connectivity index (χ4v) is 1.80. The number of ether oxygens (including phenoxy) is 2. The number of carbonyl (C=O) groups is 2. The van der Waals surface area contributed by atoms with E-state index < -0.39 is 33.9 Å². The van der Waals surface area contributed by atoms with Gasteiger partial charge in [-0.1, -0.05) is 13.2 Å². The molecule has 0 bridgehead atoms. The van der Waals surface area contributed by atoms with E-state index in [9.17, 15) is 18.0 Å². The first kappa shape index (κ1) is 18.3. The summed E-state index contributed by atoms with van der Waals surface area (Å²) in [7, 11) is -3.03. The molecule has 0 aromatic rings. The van der Waals surface area contributed by atoms with Crippen LogP contribution in [0.2, 0.25) is 0 Å². The Morgan fingerprint density at radius 1 is 1.25 bits per heavy atom. The van der Waals surface area contributed by atoms with Crippen LogP contribution in [0.3, 0.4) is 0 Å². The highest BCUT2D eigenvalue weighted by molar-refractivity contribution is 7.85. The summed E-state index contributed by atoms with van der Waals surface area (Å²) in [4.78, 5) is 22.6. The molecule has 0 aliphatic rings. The van der Waals surface area contributed by atoms with Crippen LogP contribution in [-0.2, 0) is 29.2 Å². The zero-order valence-electron chi connectivity index (χ0n) is 11.4. The van der Waals surface area contributed by atoms with E-state index in [2.05, 4.69) is 17.9 Å². The van der Waals surface area contributed by atoms with E-state index in [-0.39, 0.29) is 24.0 Å². The summed E-state index contributed by atoms with van der Waals surface area (Å²) in [5.41, 5.74) is 0.160. The van der Waals surface area contributed by atoms with Gasteiger partial charge >= 0.3 is 11.9 Å². The molecule has 0 radical (unpaired) electrons. The van der Waals surface area contributed by atoms with E-state index in [0.29, 0.717) is 0 Å². The van der Waals surface area contributed by atoms with Crippen LogP contribution >= 0.6 is 0 Å². The molecule has 0 aliphatic carbocycles. The first-order valence-corrected chi connectivity index (χ1v) is 7.25. The Kier molecular flexibility index (Phi) is 7.16. The Morgan fingerprint density at radius 2 is 1.80 bits per heavy atom. The SMILES string of the molecule is C=C(C)C(=O)OC(CCS(=O)(=O)O)CC(=C)C(=O)OC. The van der Waals surface area contributed by atoms with E-state index in [1.165, 1.54) is 14.0 Å². The molecule has 0 fully saturated rings. The largest absolute Gasteiger partial charge is 0.466 e. The Balaban J connectivity index is 4.78. The zero-order chi connectivity index (χ0) is 15.9. The van der Waals surface area contributed by atoms with Crippen LogP contribution in [0.15, 0.2) is 24.3 Å². The molecule has 0 saturated heterocycles. The molecule has 0 heterocycles. The number of methoxy groups -OCH3 is 1. The van der Waals surface area contributed by atoms with Crippen molar-refractivity contribution < 1.29 is 32.0 Å². The minimum absolute atomic E-state index is 0.0300. The first-order chi connectivity index (χ1) is 9.06. The van der Waals surface area contributed by atoms with Crippen LogP contribution in [0.1, 0.15) is 19.8 Å². The molecule has 1 unspecified atom stereocenters. The lowest BCUT2D eigenvalue weighted by Gasteiger charge is -2.17. The average molecular weight is 306 g/mol.